The van der Waals surface area contributed by atoms with Gasteiger partial charge < -0.3 is 14.3 Å². The fraction of sp³-hybridized carbons (Fsp3) is 0.214. The predicted molar refractivity (Wildman–Crippen MR) is 145 cm³/mol. The molecule has 2 heterocycles. The highest BCUT2D eigenvalue weighted by Gasteiger charge is 2.29. The third kappa shape index (κ3) is 6.07. The lowest BCUT2D eigenvalue weighted by atomic mass is 10.1. The molecule has 2 aromatic carbocycles. The van der Waals surface area contributed by atoms with Gasteiger partial charge in [-0.1, -0.05) is 41.4 Å². The topological polar surface area (TPSA) is 109 Å². The van der Waals surface area contributed by atoms with Crippen molar-refractivity contribution in [3.05, 3.63) is 105 Å². The van der Waals surface area contributed by atoms with Gasteiger partial charge in [0.2, 0.25) is 10.0 Å². The minimum Gasteiger partial charge on any atom is -0.505 e. The molecule has 0 atom stereocenters. The molecular formula is C28H27ClN2O6S. The number of hydrogen-bond donors (Lipinski definition) is 1. The summed E-state index contributed by atoms with van der Waals surface area (Å²) in [6.07, 6.45) is 1.48. The molecule has 10 heteroatoms. The first-order valence-electron chi connectivity index (χ1n) is 11.9. The van der Waals surface area contributed by atoms with Crippen LogP contribution in [0.4, 0.5) is 0 Å². The average molecular weight is 555 g/mol. The van der Waals surface area contributed by atoms with Gasteiger partial charge in [0.15, 0.2) is 5.76 Å². The van der Waals surface area contributed by atoms with Crippen molar-refractivity contribution in [3.63, 3.8) is 0 Å². The van der Waals surface area contributed by atoms with Gasteiger partial charge >= 0.3 is 5.97 Å². The number of rotatable bonds is 9. The van der Waals surface area contributed by atoms with E-state index in [0.29, 0.717) is 22.3 Å². The van der Waals surface area contributed by atoms with Crippen molar-refractivity contribution in [1.82, 2.24) is 4.31 Å². The minimum atomic E-state index is -3.87. The number of aliphatic hydroxyl groups excluding tert-OH is 1. The fourth-order valence-corrected chi connectivity index (χ4v) is 5.40. The van der Waals surface area contributed by atoms with E-state index in [0.717, 1.165) is 11.1 Å². The number of furan rings is 1. The summed E-state index contributed by atoms with van der Waals surface area (Å²) < 4.78 is 39.4. The molecular weight excluding hydrogens is 528 g/mol. The summed E-state index contributed by atoms with van der Waals surface area (Å²) in [4.78, 5) is 16.6. The van der Waals surface area contributed by atoms with E-state index in [1.165, 1.54) is 10.4 Å². The van der Waals surface area contributed by atoms with E-state index >= 15 is 0 Å². The van der Waals surface area contributed by atoms with Gasteiger partial charge in [0.1, 0.15) is 22.8 Å². The van der Waals surface area contributed by atoms with Gasteiger partial charge in [0.25, 0.3) is 0 Å². The highest BCUT2D eigenvalue weighted by atomic mass is 35.5. The van der Waals surface area contributed by atoms with Crippen molar-refractivity contribution in [1.29, 1.82) is 0 Å². The number of carbonyl (C=O) groups excluding carboxylic acids is 1. The number of sulfonamides is 1. The number of esters is 1. The summed E-state index contributed by atoms with van der Waals surface area (Å²) in [7, 11) is -3.87. The zero-order valence-corrected chi connectivity index (χ0v) is 22.7. The van der Waals surface area contributed by atoms with E-state index in [2.05, 4.69) is 4.99 Å². The van der Waals surface area contributed by atoms with Crippen LogP contribution < -0.4 is 0 Å². The number of aliphatic imine (C=N–C) groups is 1. The van der Waals surface area contributed by atoms with Crippen LogP contribution in [0.2, 0.25) is 5.02 Å². The quantitative estimate of drug-likeness (QED) is 0.334. The molecule has 0 spiro atoms. The highest BCUT2D eigenvalue weighted by Crippen LogP contribution is 2.28. The first-order chi connectivity index (χ1) is 18.1. The van der Waals surface area contributed by atoms with E-state index in [9.17, 15) is 18.3 Å². The maximum absolute atomic E-state index is 13.6. The average Bonchev–Trinajstić information content (AvgIpc) is 3.43. The first kappa shape index (κ1) is 27.4. The second-order valence-electron chi connectivity index (χ2n) is 8.69. The van der Waals surface area contributed by atoms with E-state index in [1.54, 1.807) is 74.5 Å². The van der Waals surface area contributed by atoms with Crippen LogP contribution in [0.1, 0.15) is 36.5 Å². The van der Waals surface area contributed by atoms with Crippen molar-refractivity contribution in [2.24, 2.45) is 4.99 Å². The molecule has 1 aliphatic heterocycles. The van der Waals surface area contributed by atoms with E-state index in [-0.39, 0.29) is 41.6 Å². The van der Waals surface area contributed by atoms with Crippen LogP contribution in [0.3, 0.4) is 0 Å². The summed E-state index contributed by atoms with van der Waals surface area (Å²) in [6.45, 7) is 5.39. The molecule has 0 saturated heterocycles. The zero-order chi connectivity index (χ0) is 27.4. The second kappa shape index (κ2) is 11.4. The molecule has 1 aromatic heterocycles. The number of benzene rings is 2. The molecule has 0 radical (unpaired) electrons. The Hall–Kier alpha value is -3.66. The number of hydrogen-bond acceptors (Lipinski definition) is 7. The Morgan fingerprint density at radius 1 is 1.05 bits per heavy atom. The van der Waals surface area contributed by atoms with Crippen molar-refractivity contribution in [2.45, 2.75) is 38.8 Å². The molecule has 0 aliphatic carbocycles. The maximum Gasteiger partial charge on any atom is 0.343 e. The van der Waals surface area contributed by atoms with Crippen LogP contribution >= 0.6 is 11.6 Å². The molecule has 38 heavy (non-hydrogen) atoms. The van der Waals surface area contributed by atoms with Crippen molar-refractivity contribution < 1.29 is 27.5 Å². The number of ether oxygens (including phenoxy) is 1. The molecule has 3 aromatic rings. The number of aryl methyl sites for hydroxylation is 1. The Bertz CT molecular complexity index is 1530. The van der Waals surface area contributed by atoms with Crippen molar-refractivity contribution in [3.8, 4) is 0 Å². The van der Waals surface area contributed by atoms with Gasteiger partial charge in [0.05, 0.1) is 23.8 Å². The minimum absolute atomic E-state index is 0.00297. The summed E-state index contributed by atoms with van der Waals surface area (Å²) in [5, 5.41) is 11.1. The van der Waals surface area contributed by atoms with Crippen LogP contribution in [-0.4, -0.2) is 36.1 Å². The van der Waals surface area contributed by atoms with Crippen LogP contribution in [0, 0.1) is 6.92 Å². The zero-order valence-electron chi connectivity index (χ0n) is 21.1. The Labute approximate surface area is 226 Å². The third-order valence-electron chi connectivity index (χ3n) is 5.83. The highest BCUT2D eigenvalue weighted by molar-refractivity contribution is 7.89. The number of carbonyl (C=O) groups is 1. The molecule has 198 valence electrons. The molecule has 0 amide bonds. The summed E-state index contributed by atoms with van der Waals surface area (Å²) in [5.74, 6) is -0.240. The molecule has 0 unspecified atom stereocenters. The van der Waals surface area contributed by atoms with Gasteiger partial charge in [0, 0.05) is 17.6 Å². The molecule has 1 aliphatic rings. The largest absolute Gasteiger partial charge is 0.505 e. The third-order valence-corrected chi connectivity index (χ3v) is 7.89. The smallest absolute Gasteiger partial charge is 0.343 e. The Morgan fingerprint density at radius 3 is 2.39 bits per heavy atom. The van der Waals surface area contributed by atoms with Crippen LogP contribution in [0.15, 0.2) is 92.0 Å². The Morgan fingerprint density at radius 2 is 1.74 bits per heavy atom. The SMILES string of the molecule is CCOC(=O)C1=C(O)/C(=C\c2ccc(CN(Cc3ccc(Cl)cc3)S(=O)(=O)c3ccc(C)cc3)o2)N=C1C. The number of nitrogens with zero attached hydrogens (tertiary/aromatic N) is 2. The van der Waals surface area contributed by atoms with E-state index in [1.807, 2.05) is 6.92 Å². The van der Waals surface area contributed by atoms with Gasteiger partial charge in [-0.2, -0.15) is 4.31 Å². The molecule has 0 fully saturated rings. The lowest BCUT2D eigenvalue weighted by Crippen LogP contribution is -2.30. The summed E-state index contributed by atoms with van der Waals surface area (Å²) >= 11 is 6.00. The lowest BCUT2D eigenvalue weighted by Gasteiger charge is -2.21. The standard InChI is InChI=1S/C28H27ClN2O6S/c1-4-36-28(33)26-19(3)30-25(27(26)32)15-22-11-12-23(37-22)17-31(16-20-7-9-21(29)10-8-20)38(34,35)24-13-5-18(2)6-14-24/h5-15,32H,4,16-17H2,1-3H3/b25-15+. The summed E-state index contributed by atoms with van der Waals surface area (Å²) in [6, 6.07) is 16.9. The number of halogens is 1. The first-order valence-corrected chi connectivity index (χ1v) is 13.7. The van der Waals surface area contributed by atoms with Crippen molar-refractivity contribution in [2.75, 3.05) is 6.61 Å². The Kier molecular flexibility index (Phi) is 8.20. The predicted octanol–water partition coefficient (Wildman–Crippen LogP) is 5.82. The van der Waals surface area contributed by atoms with E-state index < -0.39 is 16.0 Å². The van der Waals surface area contributed by atoms with Gasteiger partial charge in [-0.15, -0.1) is 0 Å². The lowest BCUT2D eigenvalue weighted by molar-refractivity contribution is -0.138. The fourth-order valence-electron chi connectivity index (χ4n) is 3.88. The van der Waals surface area contributed by atoms with Crippen LogP contribution in [0.5, 0.6) is 0 Å². The Balaban J connectivity index is 1.62. The molecule has 0 bridgehead atoms. The molecule has 0 saturated carbocycles. The van der Waals surface area contributed by atoms with E-state index in [4.69, 9.17) is 20.8 Å². The number of aliphatic hydroxyl groups is 1. The monoisotopic (exact) mass is 554 g/mol. The molecule has 4 rings (SSSR count). The van der Waals surface area contributed by atoms with Gasteiger partial charge in [-0.25, -0.2) is 18.2 Å². The van der Waals surface area contributed by atoms with Crippen molar-refractivity contribution >= 4 is 39.4 Å². The molecule has 8 nitrogen and oxygen atoms in total. The normalized spacial score (nSPS) is 14.9. The molecule has 1 N–H and O–H groups in total. The van der Waals surface area contributed by atoms with Crippen LogP contribution in [0.25, 0.3) is 6.08 Å². The van der Waals surface area contributed by atoms with Crippen LogP contribution in [-0.2, 0) is 32.6 Å². The van der Waals surface area contributed by atoms with Gasteiger partial charge in [-0.3, -0.25) is 0 Å². The summed E-state index contributed by atoms with van der Waals surface area (Å²) in [5.41, 5.74) is 2.19. The maximum atomic E-state index is 13.6. The second-order valence-corrected chi connectivity index (χ2v) is 11.1. The van der Waals surface area contributed by atoms with Gasteiger partial charge in [-0.05, 0) is 62.7 Å².